The highest BCUT2D eigenvalue weighted by atomic mass is 16.3. The van der Waals surface area contributed by atoms with E-state index in [9.17, 15) is 5.11 Å². The van der Waals surface area contributed by atoms with E-state index in [0.29, 0.717) is 11.8 Å². The number of rotatable bonds is 2. The molecule has 0 fully saturated rings. The number of anilines is 1. The monoisotopic (exact) mass is 231 g/mol. The molecular formula is C15H21NO. The maximum absolute atomic E-state index is 9.79. The van der Waals surface area contributed by atoms with Gasteiger partial charge in [0.25, 0.3) is 0 Å². The van der Waals surface area contributed by atoms with Gasteiger partial charge in [0.05, 0.1) is 5.69 Å². The molecule has 2 N–H and O–H groups in total. The Bertz CT molecular complexity index is 477. The lowest BCUT2D eigenvalue weighted by atomic mass is 10.1. The maximum atomic E-state index is 9.79. The number of phenolic OH excluding ortho intramolecular Hbond substituents is 1. The summed E-state index contributed by atoms with van der Waals surface area (Å²) in [6, 6.07) is 12.1. The number of benzene rings is 2. The minimum absolute atomic E-state index is 0.308. The van der Waals surface area contributed by atoms with Gasteiger partial charge in [-0.25, -0.2) is 0 Å². The smallest absolute Gasteiger partial charge is 0.139 e. The van der Waals surface area contributed by atoms with Crippen LogP contribution in [0.4, 0.5) is 5.69 Å². The molecule has 0 aliphatic heterocycles. The summed E-state index contributed by atoms with van der Waals surface area (Å²) < 4.78 is 0. The van der Waals surface area contributed by atoms with E-state index >= 15 is 0 Å². The van der Waals surface area contributed by atoms with E-state index in [1.165, 1.54) is 0 Å². The molecule has 0 aromatic heterocycles. The van der Waals surface area contributed by atoms with Gasteiger partial charge in [-0.2, -0.15) is 0 Å². The number of fused-ring (bicyclic) bond motifs is 1. The zero-order valence-corrected chi connectivity index (χ0v) is 11.0. The SMILES string of the molecule is CC.CC(C)Nc1cc2ccccc2cc1O. The van der Waals surface area contributed by atoms with Crippen LogP contribution in [0.1, 0.15) is 27.7 Å². The van der Waals surface area contributed by atoms with Gasteiger partial charge in [-0.3, -0.25) is 0 Å². The summed E-state index contributed by atoms with van der Waals surface area (Å²) in [4.78, 5) is 0. The minimum atomic E-state index is 0.308. The standard InChI is InChI=1S/C13H15NO.C2H6/c1-9(2)14-12-7-10-5-3-4-6-11(10)8-13(12)15;1-2/h3-9,14-15H,1-2H3;1-2H3. The van der Waals surface area contributed by atoms with Gasteiger partial charge in [0.2, 0.25) is 0 Å². The molecule has 0 amide bonds. The Labute approximate surface area is 103 Å². The van der Waals surface area contributed by atoms with Crippen LogP contribution in [-0.4, -0.2) is 11.1 Å². The molecule has 2 aromatic carbocycles. The van der Waals surface area contributed by atoms with Gasteiger partial charge >= 0.3 is 0 Å². The Kier molecular flexibility index (Phi) is 4.83. The van der Waals surface area contributed by atoms with Crippen molar-refractivity contribution >= 4 is 16.5 Å². The van der Waals surface area contributed by atoms with Gasteiger partial charge in [-0.1, -0.05) is 38.1 Å². The molecular weight excluding hydrogens is 210 g/mol. The van der Waals surface area contributed by atoms with Crippen LogP contribution in [-0.2, 0) is 0 Å². The second kappa shape index (κ2) is 6.14. The van der Waals surface area contributed by atoms with Crippen LogP contribution in [0, 0.1) is 0 Å². The Morgan fingerprint density at radius 3 is 2.06 bits per heavy atom. The predicted molar refractivity (Wildman–Crippen MR) is 75.7 cm³/mol. The van der Waals surface area contributed by atoms with Crippen molar-refractivity contribution in [2.45, 2.75) is 33.7 Å². The third-order valence-electron chi connectivity index (χ3n) is 2.31. The van der Waals surface area contributed by atoms with E-state index in [0.717, 1.165) is 16.5 Å². The van der Waals surface area contributed by atoms with Crippen molar-refractivity contribution in [1.82, 2.24) is 0 Å². The van der Waals surface area contributed by atoms with E-state index in [1.54, 1.807) is 6.07 Å². The van der Waals surface area contributed by atoms with Gasteiger partial charge in [-0.05, 0) is 36.8 Å². The summed E-state index contributed by atoms with van der Waals surface area (Å²) in [5, 5.41) is 15.2. The first-order valence-corrected chi connectivity index (χ1v) is 6.15. The normalized spacial score (nSPS) is 9.94. The molecule has 0 bridgehead atoms. The van der Waals surface area contributed by atoms with Crippen molar-refractivity contribution in [3.8, 4) is 5.75 Å². The molecule has 2 heteroatoms. The molecule has 0 saturated carbocycles. The van der Waals surface area contributed by atoms with Crippen LogP contribution in [0.5, 0.6) is 5.75 Å². The van der Waals surface area contributed by atoms with E-state index < -0.39 is 0 Å². The molecule has 0 saturated heterocycles. The van der Waals surface area contributed by atoms with Crippen molar-refractivity contribution in [1.29, 1.82) is 0 Å². The Balaban J connectivity index is 0.000000686. The highest BCUT2D eigenvalue weighted by Gasteiger charge is 2.04. The molecule has 17 heavy (non-hydrogen) atoms. The number of aromatic hydroxyl groups is 1. The average molecular weight is 231 g/mol. The first-order valence-electron chi connectivity index (χ1n) is 6.15. The summed E-state index contributed by atoms with van der Waals surface area (Å²) in [6.07, 6.45) is 0. The van der Waals surface area contributed by atoms with Crippen LogP contribution in [0.25, 0.3) is 10.8 Å². The molecule has 0 aliphatic rings. The zero-order chi connectivity index (χ0) is 12.8. The van der Waals surface area contributed by atoms with Crippen molar-refractivity contribution in [2.75, 3.05) is 5.32 Å². The molecule has 0 radical (unpaired) electrons. The summed E-state index contributed by atoms with van der Waals surface area (Å²) in [6.45, 7) is 8.10. The van der Waals surface area contributed by atoms with E-state index in [-0.39, 0.29) is 0 Å². The minimum Gasteiger partial charge on any atom is -0.506 e. The lowest BCUT2D eigenvalue weighted by molar-refractivity contribution is 0.477. The third kappa shape index (κ3) is 3.38. The van der Waals surface area contributed by atoms with Crippen LogP contribution in [0.3, 0.4) is 0 Å². The molecule has 0 atom stereocenters. The molecule has 0 unspecified atom stereocenters. The fourth-order valence-electron chi connectivity index (χ4n) is 1.65. The molecule has 0 spiro atoms. The third-order valence-corrected chi connectivity index (χ3v) is 2.31. The highest BCUT2D eigenvalue weighted by molar-refractivity contribution is 5.88. The van der Waals surface area contributed by atoms with Crippen molar-refractivity contribution in [3.05, 3.63) is 36.4 Å². The number of hydrogen-bond acceptors (Lipinski definition) is 2. The predicted octanol–water partition coefficient (Wildman–Crippen LogP) is 4.39. The zero-order valence-electron chi connectivity index (χ0n) is 11.0. The largest absolute Gasteiger partial charge is 0.506 e. The van der Waals surface area contributed by atoms with Gasteiger partial charge in [0.1, 0.15) is 5.75 Å². The average Bonchev–Trinajstić information content (AvgIpc) is 2.32. The number of nitrogens with one attached hydrogen (secondary N) is 1. The van der Waals surface area contributed by atoms with E-state index in [1.807, 2.05) is 44.2 Å². The Morgan fingerprint density at radius 2 is 1.53 bits per heavy atom. The quantitative estimate of drug-likeness (QED) is 0.751. The molecule has 2 rings (SSSR count). The Morgan fingerprint density at radius 1 is 1.00 bits per heavy atom. The lowest BCUT2D eigenvalue weighted by Gasteiger charge is -2.12. The van der Waals surface area contributed by atoms with Crippen molar-refractivity contribution in [3.63, 3.8) is 0 Å². The fraction of sp³-hybridized carbons (Fsp3) is 0.333. The van der Waals surface area contributed by atoms with Crippen LogP contribution < -0.4 is 5.32 Å². The summed E-state index contributed by atoms with van der Waals surface area (Å²) >= 11 is 0. The van der Waals surface area contributed by atoms with Crippen LogP contribution in [0.15, 0.2) is 36.4 Å². The molecule has 92 valence electrons. The number of hydrogen-bond donors (Lipinski definition) is 2. The molecule has 0 heterocycles. The van der Waals surface area contributed by atoms with Gasteiger partial charge < -0.3 is 10.4 Å². The van der Waals surface area contributed by atoms with Crippen molar-refractivity contribution in [2.24, 2.45) is 0 Å². The summed E-state index contributed by atoms with van der Waals surface area (Å²) in [7, 11) is 0. The topological polar surface area (TPSA) is 32.3 Å². The van der Waals surface area contributed by atoms with Gasteiger partial charge in [0.15, 0.2) is 0 Å². The Hall–Kier alpha value is -1.70. The molecule has 2 aromatic rings. The first kappa shape index (κ1) is 13.4. The maximum Gasteiger partial charge on any atom is 0.139 e. The van der Waals surface area contributed by atoms with Gasteiger partial charge in [-0.15, -0.1) is 0 Å². The van der Waals surface area contributed by atoms with E-state index in [2.05, 4.69) is 19.2 Å². The molecule has 2 nitrogen and oxygen atoms in total. The summed E-state index contributed by atoms with van der Waals surface area (Å²) in [5.74, 6) is 0.308. The van der Waals surface area contributed by atoms with Gasteiger partial charge in [0, 0.05) is 6.04 Å². The van der Waals surface area contributed by atoms with Crippen LogP contribution >= 0.6 is 0 Å². The molecule has 0 aliphatic carbocycles. The van der Waals surface area contributed by atoms with E-state index in [4.69, 9.17) is 0 Å². The lowest BCUT2D eigenvalue weighted by Crippen LogP contribution is -2.09. The fourth-order valence-corrected chi connectivity index (χ4v) is 1.65. The summed E-state index contributed by atoms with van der Waals surface area (Å²) in [5.41, 5.74) is 0.795. The second-order valence-corrected chi connectivity index (χ2v) is 4.02. The highest BCUT2D eigenvalue weighted by Crippen LogP contribution is 2.29. The second-order valence-electron chi connectivity index (χ2n) is 4.02. The van der Waals surface area contributed by atoms with Crippen molar-refractivity contribution < 1.29 is 5.11 Å². The van der Waals surface area contributed by atoms with Crippen LogP contribution in [0.2, 0.25) is 0 Å². The number of phenols is 1. The first-order chi connectivity index (χ1) is 8.16.